The summed E-state index contributed by atoms with van der Waals surface area (Å²) in [5.74, 6) is -2.95. The molecule has 0 aliphatic carbocycles. The van der Waals surface area contributed by atoms with Gasteiger partial charge in [-0.15, -0.1) is 0 Å². The van der Waals surface area contributed by atoms with Crippen LogP contribution in [0.25, 0.3) is 0 Å². The Morgan fingerprint density at radius 1 is 0.961 bits per heavy atom. The van der Waals surface area contributed by atoms with E-state index in [9.17, 15) is 54.2 Å². The quantitative estimate of drug-likeness (QED) is 0.141. The standard InChI is InChI=1S/C32H31F9N4O6/c1-2-29(42)15-22(21-14-18(30(33,34)35)4-5-24(21)45(29)28(49)51-9-6-26(47)48)27-43-16-25(50-8-3-7-46)23(44-27)12-17-10-19(31(36,37)38)13-20(11-17)32(39,40)41/h4-5,10-11,13-14,16,22,46H,2-3,6-9,12,15,42H2,1H3,(H,47,48)/t22-,29+/m0/s1. The molecule has 1 aliphatic heterocycles. The van der Waals surface area contributed by atoms with Crippen LogP contribution in [-0.2, 0) is 34.5 Å². The predicted octanol–water partition coefficient (Wildman–Crippen LogP) is 6.90. The lowest BCUT2D eigenvalue weighted by Gasteiger charge is -2.46. The third-order valence-corrected chi connectivity index (χ3v) is 8.05. The minimum atomic E-state index is -5.15. The normalized spacial score (nSPS) is 18.0. The molecule has 0 spiro atoms. The first-order valence-electron chi connectivity index (χ1n) is 15.2. The fraction of sp³-hybridized carbons (Fsp3) is 0.438. The summed E-state index contributed by atoms with van der Waals surface area (Å²) in [6.45, 7) is 0.478. The monoisotopic (exact) mass is 738 g/mol. The van der Waals surface area contributed by atoms with E-state index in [0.29, 0.717) is 18.2 Å². The Bertz CT molecular complexity index is 1720. The fourth-order valence-electron chi connectivity index (χ4n) is 5.51. The lowest BCUT2D eigenvalue weighted by atomic mass is 9.80. The van der Waals surface area contributed by atoms with Crippen molar-refractivity contribution in [1.82, 2.24) is 9.97 Å². The maximum atomic E-state index is 13.9. The van der Waals surface area contributed by atoms with Gasteiger partial charge >= 0.3 is 30.6 Å². The number of anilines is 1. The molecule has 0 saturated heterocycles. The predicted molar refractivity (Wildman–Crippen MR) is 160 cm³/mol. The molecule has 0 radical (unpaired) electrons. The highest BCUT2D eigenvalue weighted by Gasteiger charge is 2.47. The molecule has 0 fully saturated rings. The zero-order chi connectivity index (χ0) is 37.9. The number of alkyl halides is 9. The third-order valence-electron chi connectivity index (χ3n) is 8.05. The Morgan fingerprint density at radius 3 is 2.14 bits per heavy atom. The zero-order valence-electron chi connectivity index (χ0n) is 26.6. The first-order chi connectivity index (χ1) is 23.7. The fourth-order valence-corrected chi connectivity index (χ4v) is 5.51. The number of nitrogens with zero attached hydrogens (tertiary/aromatic N) is 3. The van der Waals surface area contributed by atoms with E-state index in [1.54, 1.807) is 6.92 Å². The number of hydrogen-bond acceptors (Lipinski definition) is 8. The second-order valence-electron chi connectivity index (χ2n) is 11.6. The van der Waals surface area contributed by atoms with Crippen LogP contribution in [0.4, 0.5) is 50.0 Å². The van der Waals surface area contributed by atoms with Crippen LogP contribution < -0.4 is 15.4 Å². The largest absolute Gasteiger partial charge is 0.490 e. The molecular formula is C32H31F9N4O6. The van der Waals surface area contributed by atoms with Crippen molar-refractivity contribution in [3.8, 4) is 5.75 Å². The molecule has 278 valence electrons. The molecule has 0 unspecified atom stereocenters. The van der Waals surface area contributed by atoms with Crippen molar-refractivity contribution in [3.63, 3.8) is 0 Å². The van der Waals surface area contributed by atoms with Crippen LogP contribution in [0.2, 0.25) is 0 Å². The molecule has 2 heterocycles. The molecule has 2 atom stereocenters. The minimum absolute atomic E-state index is 0.0301. The van der Waals surface area contributed by atoms with Gasteiger partial charge in [0.15, 0.2) is 5.75 Å². The number of aliphatic hydroxyl groups excluding tert-OH is 1. The molecule has 0 bridgehead atoms. The molecule has 1 aliphatic rings. The Morgan fingerprint density at radius 2 is 1.59 bits per heavy atom. The van der Waals surface area contributed by atoms with Crippen molar-refractivity contribution >= 4 is 17.7 Å². The number of carbonyl (C=O) groups is 2. The summed E-state index contributed by atoms with van der Waals surface area (Å²) in [7, 11) is 0. The van der Waals surface area contributed by atoms with Gasteiger partial charge in [-0.25, -0.2) is 14.8 Å². The number of halogens is 9. The van der Waals surface area contributed by atoms with E-state index in [2.05, 4.69) is 9.97 Å². The average Bonchev–Trinajstić information content (AvgIpc) is 3.03. The second-order valence-corrected chi connectivity index (χ2v) is 11.6. The van der Waals surface area contributed by atoms with Crippen LogP contribution in [-0.4, -0.2) is 57.7 Å². The Hall–Kier alpha value is -4.65. The van der Waals surface area contributed by atoms with Crippen LogP contribution >= 0.6 is 0 Å². The van der Waals surface area contributed by atoms with Gasteiger partial charge in [-0.05, 0) is 60.4 Å². The number of benzene rings is 2. The van der Waals surface area contributed by atoms with Crippen molar-refractivity contribution < 1.29 is 68.8 Å². The lowest BCUT2D eigenvalue weighted by molar-refractivity contribution is -0.143. The smallest absolute Gasteiger partial charge is 0.416 e. The molecule has 0 saturated carbocycles. The van der Waals surface area contributed by atoms with Gasteiger partial charge in [0.25, 0.3) is 0 Å². The molecule has 19 heteroatoms. The maximum Gasteiger partial charge on any atom is 0.416 e. The Labute approximate surface area is 284 Å². The first kappa shape index (κ1) is 39.1. The van der Waals surface area contributed by atoms with Crippen molar-refractivity contribution in [2.75, 3.05) is 24.7 Å². The summed E-state index contributed by atoms with van der Waals surface area (Å²) in [5.41, 5.74) is -0.390. The molecule has 1 aromatic heterocycles. The molecule has 2 aromatic carbocycles. The molecular weight excluding hydrogens is 707 g/mol. The van der Waals surface area contributed by atoms with Crippen molar-refractivity contribution in [2.45, 2.75) is 69.1 Å². The van der Waals surface area contributed by atoms with Crippen LogP contribution in [0.5, 0.6) is 5.75 Å². The minimum Gasteiger partial charge on any atom is -0.490 e. The topological polar surface area (TPSA) is 148 Å². The van der Waals surface area contributed by atoms with Gasteiger partial charge in [-0.1, -0.05) is 6.92 Å². The average molecular weight is 739 g/mol. The van der Waals surface area contributed by atoms with E-state index < -0.39 is 83.9 Å². The maximum absolute atomic E-state index is 13.9. The summed E-state index contributed by atoms with van der Waals surface area (Å²) < 4.78 is 134. The van der Waals surface area contributed by atoms with E-state index >= 15 is 0 Å². The number of aromatic nitrogens is 2. The number of hydrogen-bond donors (Lipinski definition) is 3. The summed E-state index contributed by atoms with van der Waals surface area (Å²) in [5, 5.41) is 18.1. The van der Waals surface area contributed by atoms with E-state index in [4.69, 9.17) is 20.3 Å². The summed E-state index contributed by atoms with van der Waals surface area (Å²) in [6, 6.07) is 3.32. The molecule has 4 rings (SSSR count). The number of aliphatic carboxylic acids is 1. The van der Waals surface area contributed by atoms with Crippen LogP contribution in [0.1, 0.15) is 77.9 Å². The lowest BCUT2D eigenvalue weighted by Crippen LogP contribution is -2.61. The number of carboxylic acids is 1. The molecule has 51 heavy (non-hydrogen) atoms. The van der Waals surface area contributed by atoms with Crippen LogP contribution in [0.3, 0.4) is 0 Å². The van der Waals surface area contributed by atoms with Crippen LogP contribution in [0.15, 0.2) is 42.6 Å². The van der Waals surface area contributed by atoms with Gasteiger partial charge in [0.05, 0.1) is 47.3 Å². The number of carboxylic acid groups (broad SMARTS) is 1. The van der Waals surface area contributed by atoms with Crippen molar-refractivity contribution in [3.05, 3.63) is 81.9 Å². The van der Waals surface area contributed by atoms with Crippen molar-refractivity contribution in [1.29, 1.82) is 0 Å². The van der Waals surface area contributed by atoms with Gasteiger partial charge in [0, 0.05) is 25.4 Å². The van der Waals surface area contributed by atoms with E-state index in [0.717, 1.165) is 23.2 Å². The van der Waals surface area contributed by atoms with Gasteiger partial charge in [0.1, 0.15) is 18.1 Å². The highest BCUT2D eigenvalue weighted by atomic mass is 19.4. The Balaban J connectivity index is 1.89. The van der Waals surface area contributed by atoms with Crippen molar-refractivity contribution in [2.24, 2.45) is 5.73 Å². The van der Waals surface area contributed by atoms with Gasteiger partial charge in [0.2, 0.25) is 0 Å². The zero-order valence-corrected chi connectivity index (χ0v) is 26.6. The van der Waals surface area contributed by atoms with E-state index in [1.165, 1.54) is 0 Å². The molecule has 3 aromatic rings. The second kappa shape index (κ2) is 14.9. The number of aliphatic hydroxyl groups is 1. The summed E-state index contributed by atoms with van der Waals surface area (Å²) >= 11 is 0. The number of nitrogens with two attached hydrogens (primary N) is 1. The van der Waals surface area contributed by atoms with Gasteiger partial charge in [-0.3, -0.25) is 9.69 Å². The molecule has 4 N–H and O–H groups in total. The number of ether oxygens (including phenoxy) is 2. The number of carbonyl (C=O) groups excluding carboxylic acids is 1. The highest BCUT2D eigenvalue weighted by molar-refractivity contribution is 5.91. The Kier molecular flexibility index (Phi) is 11.4. The first-order valence-corrected chi connectivity index (χ1v) is 15.2. The summed E-state index contributed by atoms with van der Waals surface area (Å²) in [6.07, 6.45) is -16.8. The van der Waals surface area contributed by atoms with Crippen LogP contribution in [0, 0.1) is 0 Å². The highest BCUT2D eigenvalue weighted by Crippen LogP contribution is 2.48. The SMILES string of the molecule is CC[C@]1(N)C[C@H](c2ncc(OCCCO)c(Cc3cc(C(F)(F)F)cc(C(F)(F)F)c3)n2)c2cc(C(F)(F)F)ccc2N1C(=O)OCCC(=O)O. The molecule has 1 amide bonds. The van der Waals surface area contributed by atoms with E-state index in [-0.39, 0.29) is 67.1 Å². The number of rotatable bonds is 11. The van der Waals surface area contributed by atoms with Gasteiger partial charge in [-0.2, -0.15) is 39.5 Å². The third kappa shape index (κ3) is 9.18. The van der Waals surface area contributed by atoms with Gasteiger partial charge < -0.3 is 25.4 Å². The number of amides is 1. The van der Waals surface area contributed by atoms with E-state index in [1.807, 2.05) is 0 Å². The molecule has 10 nitrogen and oxygen atoms in total. The number of fused-ring (bicyclic) bond motifs is 1. The summed E-state index contributed by atoms with van der Waals surface area (Å²) in [4.78, 5) is 33.7.